The molecule has 0 saturated carbocycles. The number of ether oxygens (including phenoxy) is 1. The van der Waals surface area contributed by atoms with Crippen LogP contribution < -0.4 is 11.2 Å². The number of aromatic amines is 1. The summed E-state index contributed by atoms with van der Waals surface area (Å²) in [6.45, 7) is 1.56. The summed E-state index contributed by atoms with van der Waals surface area (Å²) >= 11 is 5.62. The average Bonchev–Trinajstić information content (AvgIpc) is 2.29. The maximum absolute atomic E-state index is 11.6. The number of rotatable bonds is 6. The molecular weight excluding hydrogens is 248 g/mol. The number of hydrogen-bond acceptors (Lipinski definition) is 4. The van der Waals surface area contributed by atoms with E-state index in [9.17, 15) is 9.59 Å². The van der Waals surface area contributed by atoms with Crippen molar-refractivity contribution in [2.75, 3.05) is 19.1 Å². The standard InChI is InChI=1S/C10H15ClN2O4/c1-7-6-13(10(16)12-9(7)15)8(2-3-11)17-5-4-14/h6,8,14H,2-5H2,1H3,(H,12,15,16). The fraction of sp³-hybridized carbons (Fsp3) is 0.600. The quantitative estimate of drug-likeness (QED) is 0.706. The first-order valence-electron chi connectivity index (χ1n) is 5.20. The maximum atomic E-state index is 11.6. The topological polar surface area (TPSA) is 84.3 Å². The van der Waals surface area contributed by atoms with Crippen LogP contribution in [-0.2, 0) is 4.74 Å². The summed E-state index contributed by atoms with van der Waals surface area (Å²) in [4.78, 5) is 25.0. The average molecular weight is 263 g/mol. The van der Waals surface area contributed by atoms with E-state index >= 15 is 0 Å². The zero-order valence-electron chi connectivity index (χ0n) is 9.48. The first kappa shape index (κ1) is 14.0. The number of nitrogens with one attached hydrogen (secondary N) is 1. The minimum atomic E-state index is -0.581. The maximum Gasteiger partial charge on any atom is 0.330 e. The van der Waals surface area contributed by atoms with Gasteiger partial charge in [0.15, 0.2) is 0 Å². The van der Waals surface area contributed by atoms with Crippen molar-refractivity contribution < 1.29 is 9.84 Å². The lowest BCUT2D eigenvalue weighted by atomic mass is 10.3. The minimum Gasteiger partial charge on any atom is -0.394 e. The first-order valence-corrected chi connectivity index (χ1v) is 5.74. The van der Waals surface area contributed by atoms with Gasteiger partial charge in [0, 0.05) is 24.1 Å². The van der Waals surface area contributed by atoms with Crippen LogP contribution in [0.15, 0.2) is 15.8 Å². The molecule has 0 fully saturated rings. The number of H-pyrrole nitrogens is 1. The third-order valence-corrected chi connectivity index (χ3v) is 2.43. The number of aromatic nitrogens is 2. The van der Waals surface area contributed by atoms with Crippen LogP contribution in [0.3, 0.4) is 0 Å². The lowest BCUT2D eigenvalue weighted by molar-refractivity contribution is -0.0195. The molecule has 1 unspecified atom stereocenters. The fourth-order valence-electron chi connectivity index (χ4n) is 1.38. The van der Waals surface area contributed by atoms with Crippen molar-refractivity contribution in [3.63, 3.8) is 0 Å². The van der Waals surface area contributed by atoms with Gasteiger partial charge in [-0.15, -0.1) is 11.6 Å². The highest BCUT2D eigenvalue weighted by atomic mass is 35.5. The Morgan fingerprint density at radius 2 is 2.29 bits per heavy atom. The summed E-state index contributed by atoms with van der Waals surface area (Å²) in [5.41, 5.74) is -0.552. The molecule has 0 amide bonds. The van der Waals surface area contributed by atoms with E-state index in [4.69, 9.17) is 21.4 Å². The zero-order chi connectivity index (χ0) is 12.8. The van der Waals surface area contributed by atoms with Gasteiger partial charge in [-0.05, 0) is 6.92 Å². The van der Waals surface area contributed by atoms with Crippen LogP contribution in [-0.4, -0.2) is 33.8 Å². The van der Waals surface area contributed by atoms with Gasteiger partial charge >= 0.3 is 5.69 Å². The van der Waals surface area contributed by atoms with E-state index < -0.39 is 17.5 Å². The molecule has 17 heavy (non-hydrogen) atoms. The van der Waals surface area contributed by atoms with Crippen molar-refractivity contribution in [1.29, 1.82) is 0 Å². The third kappa shape index (κ3) is 3.69. The largest absolute Gasteiger partial charge is 0.394 e. The number of nitrogens with zero attached hydrogens (tertiary/aromatic N) is 1. The van der Waals surface area contributed by atoms with Gasteiger partial charge in [0.2, 0.25) is 0 Å². The van der Waals surface area contributed by atoms with Crippen LogP contribution in [0.1, 0.15) is 18.2 Å². The Balaban J connectivity index is 3.04. The molecule has 2 N–H and O–H groups in total. The van der Waals surface area contributed by atoms with Crippen LogP contribution >= 0.6 is 11.6 Å². The van der Waals surface area contributed by atoms with Crippen LogP contribution in [0.5, 0.6) is 0 Å². The van der Waals surface area contributed by atoms with Crippen molar-refractivity contribution in [3.05, 3.63) is 32.6 Å². The Labute approximate surface area is 103 Å². The van der Waals surface area contributed by atoms with Crippen molar-refractivity contribution in [2.24, 2.45) is 0 Å². The van der Waals surface area contributed by atoms with Crippen molar-refractivity contribution in [3.8, 4) is 0 Å². The highest BCUT2D eigenvalue weighted by Crippen LogP contribution is 2.11. The number of halogens is 1. The van der Waals surface area contributed by atoms with Crippen molar-refractivity contribution >= 4 is 11.6 Å². The van der Waals surface area contributed by atoms with E-state index in [2.05, 4.69) is 4.98 Å². The molecule has 0 aliphatic heterocycles. The summed E-state index contributed by atoms with van der Waals surface area (Å²) in [6, 6.07) is 0. The van der Waals surface area contributed by atoms with E-state index in [0.29, 0.717) is 17.9 Å². The monoisotopic (exact) mass is 262 g/mol. The van der Waals surface area contributed by atoms with Gasteiger partial charge in [-0.25, -0.2) is 4.79 Å². The Bertz CT molecular complexity index is 468. The first-order chi connectivity index (χ1) is 8.10. The molecule has 7 heteroatoms. The number of aliphatic hydroxyl groups is 1. The molecule has 96 valence electrons. The van der Waals surface area contributed by atoms with E-state index in [1.807, 2.05) is 0 Å². The smallest absolute Gasteiger partial charge is 0.330 e. The van der Waals surface area contributed by atoms with Crippen molar-refractivity contribution in [2.45, 2.75) is 19.6 Å². The Morgan fingerprint density at radius 1 is 1.59 bits per heavy atom. The molecule has 1 atom stereocenters. The Kier molecular flexibility index (Phi) is 5.40. The molecule has 1 heterocycles. The molecule has 0 bridgehead atoms. The SMILES string of the molecule is Cc1cn(C(CCCl)OCCO)c(=O)[nH]c1=O. The van der Waals surface area contributed by atoms with Gasteiger partial charge in [-0.3, -0.25) is 14.3 Å². The molecule has 0 aliphatic rings. The predicted octanol–water partition coefficient (Wildman–Crippen LogP) is -0.0186. The Hall–Kier alpha value is -1.11. The van der Waals surface area contributed by atoms with E-state index in [1.54, 1.807) is 6.92 Å². The van der Waals surface area contributed by atoms with E-state index in [0.717, 1.165) is 0 Å². The molecule has 0 radical (unpaired) electrons. The zero-order valence-corrected chi connectivity index (χ0v) is 10.2. The summed E-state index contributed by atoms with van der Waals surface area (Å²) < 4.78 is 6.57. The van der Waals surface area contributed by atoms with Gasteiger partial charge in [0.05, 0.1) is 13.2 Å². The van der Waals surface area contributed by atoms with Gasteiger partial charge in [-0.1, -0.05) is 0 Å². The lowest BCUT2D eigenvalue weighted by Gasteiger charge is -2.18. The summed E-state index contributed by atoms with van der Waals surface area (Å²) in [7, 11) is 0. The molecule has 0 spiro atoms. The van der Waals surface area contributed by atoms with Crippen LogP contribution in [0.4, 0.5) is 0 Å². The molecule has 0 saturated heterocycles. The molecule has 6 nitrogen and oxygen atoms in total. The normalized spacial score (nSPS) is 12.6. The molecule has 1 rings (SSSR count). The van der Waals surface area contributed by atoms with Gasteiger partial charge in [0.25, 0.3) is 5.56 Å². The summed E-state index contributed by atoms with van der Waals surface area (Å²) in [5, 5.41) is 8.70. The lowest BCUT2D eigenvalue weighted by Crippen LogP contribution is -2.34. The molecule has 0 aromatic carbocycles. The van der Waals surface area contributed by atoms with Crippen LogP contribution in [0.2, 0.25) is 0 Å². The van der Waals surface area contributed by atoms with E-state index in [-0.39, 0.29) is 13.2 Å². The number of alkyl halides is 1. The second kappa shape index (κ2) is 6.58. The third-order valence-electron chi connectivity index (χ3n) is 2.21. The van der Waals surface area contributed by atoms with Crippen LogP contribution in [0.25, 0.3) is 0 Å². The molecular formula is C10H15ClN2O4. The fourth-order valence-corrected chi connectivity index (χ4v) is 1.57. The van der Waals surface area contributed by atoms with Gasteiger partial charge in [-0.2, -0.15) is 0 Å². The minimum absolute atomic E-state index is 0.103. The number of aliphatic hydroxyl groups excluding tert-OH is 1. The molecule has 1 aromatic heterocycles. The second-order valence-corrected chi connectivity index (χ2v) is 3.88. The number of hydrogen-bond donors (Lipinski definition) is 2. The van der Waals surface area contributed by atoms with Gasteiger partial charge in [0.1, 0.15) is 6.23 Å². The van der Waals surface area contributed by atoms with E-state index in [1.165, 1.54) is 10.8 Å². The molecule has 1 aromatic rings. The van der Waals surface area contributed by atoms with Crippen molar-refractivity contribution in [1.82, 2.24) is 9.55 Å². The highest BCUT2D eigenvalue weighted by molar-refractivity contribution is 6.17. The van der Waals surface area contributed by atoms with Crippen LogP contribution in [0, 0.1) is 6.92 Å². The second-order valence-electron chi connectivity index (χ2n) is 3.51. The summed E-state index contributed by atoms with van der Waals surface area (Å²) in [5.74, 6) is 0.306. The Morgan fingerprint density at radius 3 is 2.88 bits per heavy atom. The van der Waals surface area contributed by atoms with Gasteiger partial charge < -0.3 is 9.84 Å². The highest BCUT2D eigenvalue weighted by Gasteiger charge is 2.13. The summed E-state index contributed by atoms with van der Waals surface area (Å²) in [6.07, 6.45) is 1.26. The molecule has 0 aliphatic carbocycles. The number of aryl methyl sites for hydroxylation is 1. The predicted molar refractivity (Wildman–Crippen MR) is 63.5 cm³/mol.